The highest BCUT2D eigenvalue weighted by atomic mass is 79.9. The number of methoxy groups -OCH3 is 1. The second kappa shape index (κ2) is 6.13. The van der Waals surface area contributed by atoms with Crippen molar-refractivity contribution in [3.63, 3.8) is 0 Å². The summed E-state index contributed by atoms with van der Waals surface area (Å²) < 4.78 is 5.57. The molecule has 82 valence electrons. The largest absolute Gasteiger partial charge is 0.469 e. The van der Waals surface area contributed by atoms with Crippen LogP contribution in [-0.4, -0.2) is 13.1 Å². The highest BCUT2D eigenvalue weighted by Crippen LogP contribution is 2.21. The molecular formula is C11H12BrClO2. The van der Waals surface area contributed by atoms with Gasteiger partial charge in [-0.2, -0.15) is 0 Å². The summed E-state index contributed by atoms with van der Waals surface area (Å²) in [6.07, 6.45) is 1.07. The molecule has 0 atom stereocenters. The van der Waals surface area contributed by atoms with Crippen LogP contribution in [0.4, 0.5) is 0 Å². The Labute approximate surface area is 103 Å². The molecule has 15 heavy (non-hydrogen) atoms. The van der Waals surface area contributed by atoms with Crippen LogP contribution in [0.2, 0.25) is 0 Å². The molecule has 0 aliphatic rings. The Bertz CT molecular complexity index is 352. The number of hydrogen-bond acceptors (Lipinski definition) is 2. The smallest absolute Gasteiger partial charge is 0.305 e. The molecule has 0 aliphatic heterocycles. The number of benzene rings is 1. The fraction of sp³-hybridized carbons (Fsp3) is 0.364. The normalized spacial score (nSPS) is 10.1. The number of halogens is 2. The van der Waals surface area contributed by atoms with Crippen molar-refractivity contribution in [3.8, 4) is 0 Å². The van der Waals surface area contributed by atoms with Gasteiger partial charge in [0, 0.05) is 16.8 Å². The molecule has 0 bridgehead atoms. The number of rotatable bonds is 4. The van der Waals surface area contributed by atoms with E-state index in [9.17, 15) is 4.79 Å². The number of alkyl halides is 1. The zero-order valence-corrected chi connectivity index (χ0v) is 10.8. The molecule has 0 aliphatic carbocycles. The molecule has 1 rings (SSSR count). The molecule has 0 aromatic heterocycles. The molecule has 0 spiro atoms. The number of carbonyl (C=O) groups excluding carboxylic acids is 1. The molecule has 1 aromatic carbocycles. The van der Waals surface area contributed by atoms with Gasteiger partial charge in [-0.05, 0) is 23.6 Å². The molecule has 0 saturated heterocycles. The fourth-order valence-corrected chi connectivity index (χ4v) is 2.01. The van der Waals surface area contributed by atoms with Gasteiger partial charge in [0.05, 0.1) is 7.11 Å². The lowest BCUT2D eigenvalue weighted by atomic mass is 10.1. The van der Waals surface area contributed by atoms with Gasteiger partial charge in [-0.25, -0.2) is 0 Å². The number of ether oxygens (including phenoxy) is 1. The summed E-state index contributed by atoms with van der Waals surface area (Å²) in [5, 5.41) is 0. The van der Waals surface area contributed by atoms with Crippen molar-refractivity contribution >= 4 is 33.5 Å². The van der Waals surface area contributed by atoms with Crippen LogP contribution in [0.25, 0.3) is 0 Å². The van der Waals surface area contributed by atoms with Crippen molar-refractivity contribution in [2.24, 2.45) is 0 Å². The monoisotopic (exact) mass is 290 g/mol. The Balaban J connectivity index is 2.66. The average molecular weight is 292 g/mol. The lowest BCUT2D eigenvalue weighted by molar-refractivity contribution is -0.140. The third-order valence-electron chi connectivity index (χ3n) is 2.10. The van der Waals surface area contributed by atoms with Crippen molar-refractivity contribution in [1.29, 1.82) is 0 Å². The van der Waals surface area contributed by atoms with Gasteiger partial charge in [0.2, 0.25) is 0 Å². The standard InChI is InChI=1S/C11H12BrClO2/c1-15-11(14)5-4-9-3-2-8(7-13)6-10(9)12/h2-3,6H,4-5,7H2,1H3. The first kappa shape index (κ1) is 12.5. The Morgan fingerprint density at radius 3 is 2.80 bits per heavy atom. The van der Waals surface area contributed by atoms with E-state index in [-0.39, 0.29) is 5.97 Å². The van der Waals surface area contributed by atoms with Gasteiger partial charge in [-0.3, -0.25) is 4.79 Å². The van der Waals surface area contributed by atoms with Crippen LogP contribution in [0.1, 0.15) is 17.5 Å². The van der Waals surface area contributed by atoms with E-state index >= 15 is 0 Å². The number of hydrogen-bond donors (Lipinski definition) is 0. The minimum Gasteiger partial charge on any atom is -0.469 e. The van der Waals surface area contributed by atoms with Gasteiger partial charge in [0.1, 0.15) is 0 Å². The van der Waals surface area contributed by atoms with Gasteiger partial charge >= 0.3 is 5.97 Å². The Kier molecular flexibility index (Phi) is 5.12. The van der Waals surface area contributed by atoms with Crippen LogP contribution < -0.4 is 0 Å². The number of carbonyl (C=O) groups is 1. The van der Waals surface area contributed by atoms with Gasteiger partial charge in [0.25, 0.3) is 0 Å². The molecule has 0 amide bonds. The van der Waals surface area contributed by atoms with Gasteiger partial charge in [-0.1, -0.05) is 28.1 Å². The first-order chi connectivity index (χ1) is 7.17. The molecule has 0 heterocycles. The first-order valence-electron chi connectivity index (χ1n) is 4.57. The topological polar surface area (TPSA) is 26.3 Å². The summed E-state index contributed by atoms with van der Waals surface area (Å²) in [6, 6.07) is 5.91. The molecule has 0 saturated carbocycles. The van der Waals surface area contributed by atoms with Crippen LogP contribution in [0, 0.1) is 0 Å². The van der Waals surface area contributed by atoms with Crippen molar-refractivity contribution in [1.82, 2.24) is 0 Å². The molecule has 2 nitrogen and oxygen atoms in total. The second-order valence-electron chi connectivity index (χ2n) is 3.14. The lowest BCUT2D eigenvalue weighted by Gasteiger charge is -2.05. The summed E-state index contributed by atoms with van der Waals surface area (Å²) in [4.78, 5) is 11.0. The minimum absolute atomic E-state index is 0.191. The molecule has 0 N–H and O–H groups in total. The van der Waals surface area contributed by atoms with Crippen LogP contribution in [0.3, 0.4) is 0 Å². The van der Waals surface area contributed by atoms with Crippen molar-refractivity contribution < 1.29 is 9.53 Å². The van der Waals surface area contributed by atoms with E-state index in [2.05, 4.69) is 20.7 Å². The minimum atomic E-state index is -0.191. The van der Waals surface area contributed by atoms with E-state index in [0.29, 0.717) is 18.7 Å². The SMILES string of the molecule is COC(=O)CCc1ccc(CCl)cc1Br. The van der Waals surface area contributed by atoms with Crippen molar-refractivity contribution in [2.45, 2.75) is 18.7 Å². The summed E-state index contributed by atoms with van der Waals surface area (Å²) in [5.74, 6) is 0.305. The van der Waals surface area contributed by atoms with Gasteiger partial charge in [0.15, 0.2) is 0 Å². The maximum absolute atomic E-state index is 11.0. The zero-order valence-electron chi connectivity index (χ0n) is 8.43. The van der Waals surface area contributed by atoms with Crippen LogP contribution in [0.15, 0.2) is 22.7 Å². The van der Waals surface area contributed by atoms with E-state index in [0.717, 1.165) is 15.6 Å². The summed E-state index contributed by atoms with van der Waals surface area (Å²) in [6.45, 7) is 0. The lowest BCUT2D eigenvalue weighted by Crippen LogP contribution is -2.02. The number of aryl methyl sites for hydroxylation is 1. The number of esters is 1. The van der Waals surface area contributed by atoms with E-state index < -0.39 is 0 Å². The van der Waals surface area contributed by atoms with Crippen LogP contribution in [0.5, 0.6) is 0 Å². The molecule has 1 aromatic rings. The Morgan fingerprint density at radius 1 is 1.53 bits per heavy atom. The Morgan fingerprint density at radius 2 is 2.27 bits per heavy atom. The maximum atomic E-state index is 11.0. The molecule has 0 fully saturated rings. The van der Waals surface area contributed by atoms with Gasteiger partial charge in [-0.15, -0.1) is 11.6 Å². The highest BCUT2D eigenvalue weighted by Gasteiger charge is 2.05. The quantitative estimate of drug-likeness (QED) is 0.628. The third-order valence-corrected chi connectivity index (χ3v) is 3.14. The Hall–Kier alpha value is -0.540. The zero-order chi connectivity index (χ0) is 11.3. The fourth-order valence-electron chi connectivity index (χ4n) is 1.22. The molecule has 0 radical (unpaired) electrons. The maximum Gasteiger partial charge on any atom is 0.305 e. The first-order valence-corrected chi connectivity index (χ1v) is 5.90. The summed E-state index contributed by atoms with van der Waals surface area (Å²) in [5.41, 5.74) is 2.15. The molecule has 0 unspecified atom stereocenters. The third kappa shape index (κ3) is 3.84. The van der Waals surface area contributed by atoms with E-state index in [1.807, 2.05) is 18.2 Å². The predicted octanol–water partition coefficient (Wildman–Crippen LogP) is 3.29. The van der Waals surface area contributed by atoms with Crippen LogP contribution in [-0.2, 0) is 21.8 Å². The molecular weight excluding hydrogens is 279 g/mol. The van der Waals surface area contributed by atoms with Crippen molar-refractivity contribution in [3.05, 3.63) is 33.8 Å². The summed E-state index contributed by atoms with van der Waals surface area (Å²) in [7, 11) is 1.40. The highest BCUT2D eigenvalue weighted by molar-refractivity contribution is 9.10. The predicted molar refractivity (Wildman–Crippen MR) is 64.0 cm³/mol. The van der Waals surface area contributed by atoms with E-state index in [1.54, 1.807) is 0 Å². The van der Waals surface area contributed by atoms with E-state index in [1.165, 1.54) is 7.11 Å². The van der Waals surface area contributed by atoms with Crippen LogP contribution >= 0.6 is 27.5 Å². The van der Waals surface area contributed by atoms with E-state index in [4.69, 9.17) is 11.6 Å². The molecule has 4 heteroatoms. The second-order valence-corrected chi connectivity index (χ2v) is 4.26. The summed E-state index contributed by atoms with van der Waals surface area (Å²) >= 11 is 9.16. The average Bonchev–Trinajstić information content (AvgIpc) is 2.26. The van der Waals surface area contributed by atoms with Gasteiger partial charge < -0.3 is 4.74 Å². The van der Waals surface area contributed by atoms with Crippen molar-refractivity contribution in [2.75, 3.05) is 7.11 Å².